The van der Waals surface area contributed by atoms with Gasteiger partial charge in [-0.25, -0.2) is 22.0 Å². The first kappa shape index (κ1) is 26.1. The quantitative estimate of drug-likeness (QED) is 0.513. The number of aromatic nitrogens is 2. The molecule has 0 saturated heterocycles. The average Bonchev–Trinajstić information content (AvgIpc) is 3.39. The van der Waals surface area contributed by atoms with Gasteiger partial charge in [0, 0.05) is 18.8 Å². The first-order valence-corrected chi connectivity index (χ1v) is 13.6. The number of nitrogens with zero attached hydrogens (tertiary/aromatic N) is 3. The van der Waals surface area contributed by atoms with Gasteiger partial charge in [0.2, 0.25) is 0 Å². The Morgan fingerprint density at radius 2 is 2.03 bits per heavy atom. The van der Waals surface area contributed by atoms with Crippen LogP contribution >= 0.6 is 9.24 Å². The van der Waals surface area contributed by atoms with Crippen molar-refractivity contribution in [3.63, 3.8) is 0 Å². The van der Waals surface area contributed by atoms with E-state index in [1.54, 1.807) is 12.1 Å². The minimum atomic E-state index is -1.03. The van der Waals surface area contributed by atoms with Gasteiger partial charge in [0.1, 0.15) is 12.2 Å². The molecule has 9 heteroatoms. The van der Waals surface area contributed by atoms with E-state index in [9.17, 15) is 18.1 Å². The van der Waals surface area contributed by atoms with Crippen LogP contribution in [-0.2, 0) is 17.4 Å². The minimum absolute atomic E-state index is 0.0275. The Bertz CT molecular complexity index is 967. The van der Waals surface area contributed by atoms with Gasteiger partial charge in [0.05, 0.1) is 35.2 Å². The number of hydrogen-bond donors (Lipinski definition) is 1. The molecule has 5 nitrogen and oxygen atoms in total. The largest absolute Gasteiger partial charge is 0.395 e. The maximum atomic E-state index is 13.3. The van der Waals surface area contributed by atoms with Crippen molar-refractivity contribution in [2.45, 2.75) is 45.4 Å². The molecule has 1 saturated carbocycles. The molecule has 0 aliphatic heterocycles. The summed E-state index contributed by atoms with van der Waals surface area (Å²) in [5.41, 5.74) is 4.71. The van der Waals surface area contributed by atoms with E-state index in [1.165, 1.54) is 23.3 Å². The molecule has 182 valence electrons. The molecule has 33 heavy (non-hydrogen) atoms. The van der Waals surface area contributed by atoms with Crippen LogP contribution in [0.15, 0.2) is 36.0 Å². The van der Waals surface area contributed by atoms with Crippen LogP contribution in [0.2, 0.25) is 0 Å². The number of benzene rings is 1. The SMILES string of the molecule is CCCS(=O)N(CCO)CC[C@@]12CCCC1=Cc1c(cnn1-c1ccc(F)cc1)C2.FCP. The predicted molar refractivity (Wildman–Crippen MR) is 134 cm³/mol. The highest BCUT2D eigenvalue weighted by molar-refractivity contribution is 7.82. The van der Waals surface area contributed by atoms with Gasteiger partial charge >= 0.3 is 0 Å². The summed E-state index contributed by atoms with van der Waals surface area (Å²) in [6.45, 7) is 3.24. The lowest BCUT2D eigenvalue weighted by Crippen LogP contribution is -2.36. The Kier molecular flexibility index (Phi) is 9.74. The van der Waals surface area contributed by atoms with E-state index >= 15 is 0 Å². The number of fused-ring (bicyclic) bond motifs is 2. The summed E-state index contributed by atoms with van der Waals surface area (Å²) in [6.07, 6.45) is 10.0. The van der Waals surface area contributed by atoms with Gasteiger partial charge in [0.25, 0.3) is 0 Å². The lowest BCUT2D eigenvalue weighted by atomic mass is 9.71. The molecule has 2 aliphatic rings. The summed E-state index contributed by atoms with van der Waals surface area (Å²) in [5, 5.41) is 14.0. The standard InChI is InChI=1S/C23H30FN3O2S.CH4FP/c1-2-14-30(29)26(12-13-28)11-10-23-9-3-4-19(23)15-22-18(16-23)17-25-27(22)21-7-5-20(24)6-8-21;2-1-3/h5-8,15,17,28H,2-4,9-14,16H2,1H3;1,3H2/t23-,30?;/m1./s1. The molecule has 0 bridgehead atoms. The van der Waals surface area contributed by atoms with E-state index in [-0.39, 0.29) is 24.3 Å². The minimum Gasteiger partial charge on any atom is -0.395 e. The number of aliphatic hydroxyl groups excluding tert-OH is 1. The van der Waals surface area contributed by atoms with Crippen molar-refractivity contribution in [1.29, 1.82) is 0 Å². The van der Waals surface area contributed by atoms with Crippen LogP contribution in [0.1, 0.15) is 50.3 Å². The molecular formula is C24H34F2N3O2PS. The fraction of sp³-hybridized carbons (Fsp3) is 0.542. The smallest absolute Gasteiger partial charge is 0.123 e. The van der Waals surface area contributed by atoms with E-state index < -0.39 is 11.0 Å². The van der Waals surface area contributed by atoms with Gasteiger partial charge in [-0.05, 0) is 79.8 Å². The molecule has 1 fully saturated rings. The molecule has 2 aliphatic carbocycles. The van der Waals surface area contributed by atoms with Crippen LogP contribution in [0, 0.1) is 11.2 Å². The number of hydrogen-bond acceptors (Lipinski definition) is 3. The number of allylic oxidation sites excluding steroid dienone is 1. The Morgan fingerprint density at radius 1 is 1.30 bits per heavy atom. The third-order valence-corrected chi connectivity index (χ3v) is 8.13. The molecule has 2 aromatic rings. The van der Waals surface area contributed by atoms with Crippen LogP contribution in [-0.4, -0.2) is 55.3 Å². The number of halogens is 2. The van der Waals surface area contributed by atoms with Crippen LogP contribution in [0.5, 0.6) is 0 Å². The van der Waals surface area contributed by atoms with Crippen molar-refractivity contribution in [2.75, 3.05) is 31.9 Å². The Hall–Kier alpha value is -1.47. The zero-order valence-electron chi connectivity index (χ0n) is 19.2. The average molecular weight is 498 g/mol. The number of rotatable bonds is 9. The molecule has 3 atom stereocenters. The highest BCUT2D eigenvalue weighted by Gasteiger charge is 2.42. The van der Waals surface area contributed by atoms with E-state index in [0.717, 1.165) is 56.5 Å². The zero-order chi connectivity index (χ0) is 23.8. The fourth-order valence-corrected chi connectivity index (χ4v) is 6.10. The number of aliphatic hydroxyl groups is 1. The summed E-state index contributed by atoms with van der Waals surface area (Å²) in [7, 11) is 0.878. The Morgan fingerprint density at radius 3 is 2.70 bits per heavy atom. The van der Waals surface area contributed by atoms with Crippen molar-refractivity contribution in [3.05, 3.63) is 53.1 Å². The maximum Gasteiger partial charge on any atom is 0.123 e. The molecule has 1 aromatic carbocycles. The van der Waals surface area contributed by atoms with Gasteiger partial charge < -0.3 is 5.11 Å². The lowest BCUT2D eigenvalue weighted by molar-refractivity contribution is 0.236. The van der Waals surface area contributed by atoms with Gasteiger partial charge in [-0.15, -0.1) is 9.24 Å². The van der Waals surface area contributed by atoms with E-state index in [0.29, 0.717) is 12.3 Å². The molecule has 2 unspecified atom stereocenters. The molecule has 1 aromatic heterocycles. The van der Waals surface area contributed by atoms with Crippen molar-refractivity contribution in [3.8, 4) is 5.69 Å². The summed E-state index contributed by atoms with van der Waals surface area (Å²) in [5.74, 6) is 0.394. The van der Waals surface area contributed by atoms with E-state index in [2.05, 4.69) is 11.2 Å². The third kappa shape index (κ3) is 6.16. The second-order valence-corrected chi connectivity index (χ2v) is 10.4. The summed E-state index contributed by atoms with van der Waals surface area (Å²) >= 11 is 0. The van der Waals surface area contributed by atoms with Gasteiger partial charge in [-0.1, -0.05) is 12.5 Å². The second kappa shape index (κ2) is 12.3. The van der Waals surface area contributed by atoms with Gasteiger partial charge in [0.15, 0.2) is 0 Å². The fourth-order valence-electron chi connectivity index (χ4n) is 4.91. The first-order valence-electron chi connectivity index (χ1n) is 11.5. The molecule has 1 N–H and O–H groups in total. The normalized spacial score (nSPS) is 20.0. The van der Waals surface area contributed by atoms with Crippen LogP contribution in [0.4, 0.5) is 8.78 Å². The molecular weight excluding hydrogens is 463 g/mol. The Labute approximate surface area is 200 Å². The molecule has 4 rings (SSSR count). The maximum absolute atomic E-state index is 13.3. The van der Waals surface area contributed by atoms with Gasteiger partial charge in [-0.3, -0.25) is 0 Å². The Balaban J connectivity index is 0.000000968. The number of alkyl halides is 1. The van der Waals surface area contributed by atoms with Crippen molar-refractivity contribution in [2.24, 2.45) is 5.41 Å². The monoisotopic (exact) mass is 497 g/mol. The van der Waals surface area contributed by atoms with Crippen molar-refractivity contribution >= 4 is 26.3 Å². The molecule has 0 amide bonds. The highest BCUT2D eigenvalue weighted by Crippen LogP contribution is 2.52. The first-order chi connectivity index (χ1) is 16.0. The summed E-state index contributed by atoms with van der Waals surface area (Å²) in [4.78, 5) is 0. The van der Waals surface area contributed by atoms with Crippen LogP contribution < -0.4 is 0 Å². The van der Waals surface area contributed by atoms with Crippen LogP contribution in [0.25, 0.3) is 11.8 Å². The van der Waals surface area contributed by atoms with Crippen LogP contribution in [0.3, 0.4) is 0 Å². The van der Waals surface area contributed by atoms with Gasteiger partial charge in [-0.2, -0.15) is 5.10 Å². The summed E-state index contributed by atoms with van der Waals surface area (Å²) in [6, 6.07) is 6.44. The summed E-state index contributed by atoms with van der Waals surface area (Å²) < 4.78 is 40.0. The van der Waals surface area contributed by atoms with E-state index in [4.69, 9.17) is 0 Å². The topological polar surface area (TPSA) is 58.4 Å². The molecule has 0 radical (unpaired) electrons. The van der Waals surface area contributed by atoms with Crippen molar-refractivity contribution in [1.82, 2.24) is 14.1 Å². The zero-order valence-corrected chi connectivity index (χ0v) is 21.2. The van der Waals surface area contributed by atoms with Crippen molar-refractivity contribution < 1.29 is 18.1 Å². The predicted octanol–water partition coefficient (Wildman–Crippen LogP) is 4.67. The molecule has 0 spiro atoms. The lowest BCUT2D eigenvalue weighted by Gasteiger charge is -2.36. The highest BCUT2D eigenvalue weighted by atomic mass is 32.2. The second-order valence-electron chi connectivity index (χ2n) is 8.51. The van der Waals surface area contributed by atoms with E-state index in [1.807, 2.05) is 31.3 Å². The molecule has 1 heterocycles. The third-order valence-electron chi connectivity index (χ3n) is 6.44.